The van der Waals surface area contributed by atoms with Crippen LogP contribution in [-0.4, -0.2) is 50.0 Å². The van der Waals surface area contributed by atoms with Crippen molar-refractivity contribution in [3.8, 4) is 17.5 Å². The highest BCUT2D eigenvalue weighted by molar-refractivity contribution is 6.29. The first-order chi connectivity index (χ1) is 16.2. The average molecular weight is 500 g/mol. The lowest BCUT2D eigenvalue weighted by atomic mass is 10.1. The zero-order valence-corrected chi connectivity index (χ0v) is 18.3. The highest BCUT2D eigenvalue weighted by Gasteiger charge is 2.35. The molecule has 0 atom stereocenters. The summed E-state index contributed by atoms with van der Waals surface area (Å²) in [5.74, 6) is -0.556. The molecule has 1 aliphatic rings. The molecule has 4 rings (SSSR count). The normalized spacial score (nSPS) is 14.8. The summed E-state index contributed by atoms with van der Waals surface area (Å²) in [7, 11) is 0. The minimum Gasteiger partial charge on any atom is -0.473 e. The molecule has 1 saturated heterocycles. The van der Waals surface area contributed by atoms with Crippen LogP contribution in [0.15, 0.2) is 42.5 Å². The molecule has 8 nitrogen and oxygen atoms in total. The SMILES string of the molecule is O=C(Cn1nc(C(F)(F)F)cc1Cl)N1CCC(Oc2ccc(Oc3ccccc3F)nn2)CC1. The number of para-hydroxylation sites is 1. The number of likely N-dealkylation sites (tertiary alicyclic amines) is 1. The number of alkyl halides is 3. The quantitative estimate of drug-likeness (QED) is 0.469. The van der Waals surface area contributed by atoms with Crippen molar-refractivity contribution in [2.24, 2.45) is 0 Å². The van der Waals surface area contributed by atoms with Crippen LogP contribution in [0.3, 0.4) is 0 Å². The molecule has 0 unspecified atom stereocenters. The minimum atomic E-state index is -4.64. The Morgan fingerprint density at radius 3 is 2.38 bits per heavy atom. The number of hydrogen-bond acceptors (Lipinski definition) is 6. The van der Waals surface area contributed by atoms with Crippen molar-refractivity contribution in [1.29, 1.82) is 0 Å². The molecule has 3 aromatic rings. The molecular weight excluding hydrogens is 482 g/mol. The molecule has 13 heteroatoms. The number of carbonyl (C=O) groups is 1. The van der Waals surface area contributed by atoms with Crippen LogP contribution < -0.4 is 9.47 Å². The van der Waals surface area contributed by atoms with E-state index < -0.39 is 30.1 Å². The second kappa shape index (κ2) is 9.84. The van der Waals surface area contributed by atoms with Gasteiger partial charge in [-0.3, -0.25) is 4.79 Å². The number of ether oxygens (including phenoxy) is 2. The van der Waals surface area contributed by atoms with Crippen LogP contribution in [0, 0.1) is 5.82 Å². The second-order valence-electron chi connectivity index (χ2n) is 7.45. The van der Waals surface area contributed by atoms with E-state index in [2.05, 4.69) is 15.3 Å². The molecule has 0 saturated carbocycles. The van der Waals surface area contributed by atoms with E-state index in [9.17, 15) is 22.4 Å². The molecule has 0 spiro atoms. The van der Waals surface area contributed by atoms with Crippen molar-refractivity contribution >= 4 is 17.5 Å². The standard InChI is InChI=1S/C21H18ClF4N5O3/c22-17-11-16(21(24,25)26)29-31(17)12-20(32)30-9-7-13(8-10-30)33-18-5-6-19(28-27-18)34-15-4-2-1-3-14(15)23/h1-6,11,13H,7-10,12H2. The van der Waals surface area contributed by atoms with Gasteiger partial charge in [-0.15, -0.1) is 10.2 Å². The Kier molecular flexibility index (Phi) is 6.87. The van der Waals surface area contributed by atoms with Gasteiger partial charge in [0.05, 0.1) is 0 Å². The molecule has 0 radical (unpaired) electrons. The molecule has 1 amide bonds. The van der Waals surface area contributed by atoms with Gasteiger partial charge in [0.2, 0.25) is 17.7 Å². The number of aromatic nitrogens is 4. The zero-order valence-electron chi connectivity index (χ0n) is 17.5. The van der Waals surface area contributed by atoms with Gasteiger partial charge in [-0.2, -0.15) is 18.3 Å². The second-order valence-corrected chi connectivity index (χ2v) is 7.84. The summed E-state index contributed by atoms with van der Waals surface area (Å²) in [4.78, 5) is 14.0. The minimum absolute atomic E-state index is 0.0218. The van der Waals surface area contributed by atoms with E-state index in [0.29, 0.717) is 32.0 Å². The van der Waals surface area contributed by atoms with Gasteiger partial charge in [0.15, 0.2) is 17.3 Å². The Labute approximate surface area is 196 Å². The van der Waals surface area contributed by atoms with Crippen molar-refractivity contribution < 1.29 is 31.8 Å². The molecule has 0 aliphatic carbocycles. The number of rotatable bonds is 6. The van der Waals surface area contributed by atoms with Crippen LogP contribution >= 0.6 is 11.6 Å². The van der Waals surface area contributed by atoms with Gasteiger partial charge in [0.25, 0.3) is 0 Å². The molecule has 0 bridgehead atoms. The zero-order chi connectivity index (χ0) is 24.3. The number of piperidine rings is 1. The lowest BCUT2D eigenvalue weighted by Crippen LogP contribution is -2.43. The number of benzene rings is 1. The monoisotopic (exact) mass is 499 g/mol. The number of carbonyl (C=O) groups excluding carboxylic acids is 1. The van der Waals surface area contributed by atoms with E-state index in [1.165, 1.54) is 23.1 Å². The number of amides is 1. The maximum absolute atomic E-state index is 13.7. The molecule has 34 heavy (non-hydrogen) atoms. The van der Waals surface area contributed by atoms with E-state index in [1.54, 1.807) is 18.2 Å². The van der Waals surface area contributed by atoms with E-state index >= 15 is 0 Å². The summed E-state index contributed by atoms with van der Waals surface area (Å²) >= 11 is 5.78. The Balaban J connectivity index is 1.26. The molecule has 2 aromatic heterocycles. The number of halogens is 5. The summed E-state index contributed by atoms with van der Waals surface area (Å²) in [6.07, 6.45) is -3.90. The first-order valence-electron chi connectivity index (χ1n) is 10.2. The van der Waals surface area contributed by atoms with Crippen LogP contribution in [0.4, 0.5) is 17.6 Å². The highest BCUT2D eigenvalue weighted by atomic mass is 35.5. The summed E-state index contributed by atoms with van der Waals surface area (Å²) in [6, 6.07) is 9.62. The maximum Gasteiger partial charge on any atom is 0.435 e. The summed E-state index contributed by atoms with van der Waals surface area (Å²) in [5, 5.41) is 10.9. The van der Waals surface area contributed by atoms with Crippen LogP contribution in [0.1, 0.15) is 18.5 Å². The van der Waals surface area contributed by atoms with E-state index in [0.717, 1.165) is 4.68 Å². The molecule has 0 N–H and O–H groups in total. The van der Waals surface area contributed by atoms with Gasteiger partial charge >= 0.3 is 6.18 Å². The van der Waals surface area contributed by atoms with Gasteiger partial charge in [-0.25, -0.2) is 9.07 Å². The summed E-state index contributed by atoms with van der Waals surface area (Å²) < 4.78 is 63.9. The third kappa shape index (κ3) is 5.74. The van der Waals surface area contributed by atoms with E-state index in [1.807, 2.05) is 0 Å². The largest absolute Gasteiger partial charge is 0.473 e. The lowest BCUT2D eigenvalue weighted by Gasteiger charge is -2.31. The fourth-order valence-electron chi connectivity index (χ4n) is 3.33. The number of hydrogen-bond donors (Lipinski definition) is 0. The van der Waals surface area contributed by atoms with Gasteiger partial charge in [0, 0.05) is 44.1 Å². The average Bonchev–Trinajstić information content (AvgIpc) is 3.18. The smallest absolute Gasteiger partial charge is 0.435 e. The topological polar surface area (TPSA) is 82.4 Å². The Hall–Kier alpha value is -3.41. The molecule has 3 heterocycles. The highest BCUT2D eigenvalue weighted by Crippen LogP contribution is 2.30. The van der Waals surface area contributed by atoms with Crippen LogP contribution in [-0.2, 0) is 17.5 Å². The first-order valence-corrected chi connectivity index (χ1v) is 10.6. The maximum atomic E-state index is 13.7. The third-order valence-corrected chi connectivity index (χ3v) is 5.36. The third-order valence-electron chi connectivity index (χ3n) is 5.06. The van der Waals surface area contributed by atoms with Crippen molar-refractivity contribution in [3.05, 3.63) is 59.1 Å². The molecular formula is C21H18ClF4N5O3. The summed E-state index contributed by atoms with van der Waals surface area (Å²) in [5.41, 5.74) is -1.15. The van der Waals surface area contributed by atoms with Crippen molar-refractivity contribution in [2.45, 2.75) is 31.7 Å². The fraction of sp³-hybridized carbons (Fsp3) is 0.333. The van der Waals surface area contributed by atoms with E-state index in [-0.39, 0.29) is 28.8 Å². The molecule has 1 fully saturated rings. The first kappa shape index (κ1) is 23.7. The molecule has 1 aliphatic heterocycles. The van der Waals surface area contributed by atoms with Crippen molar-refractivity contribution in [3.63, 3.8) is 0 Å². The molecule has 180 valence electrons. The Morgan fingerprint density at radius 2 is 1.76 bits per heavy atom. The predicted molar refractivity (Wildman–Crippen MR) is 111 cm³/mol. The predicted octanol–water partition coefficient (Wildman–Crippen LogP) is 4.35. The van der Waals surface area contributed by atoms with Crippen molar-refractivity contribution in [1.82, 2.24) is 24.9 Å². The van der Waals surface area contributed by atoms with Gasteiger partial charge in [-0.1, -0.05) is 23.7 Å². The van der Waals surface area contributed by atoms with Gasteiger partial charge in [-0.05, 0) is 12.1 Å². The lowest BCUT2D eigenvalue weighted by molar-refractivity contribution is -0.142. The van der Waals surface area contributed by atoms with Crippen molar-refractivity contribution in [2.75, 3.05) is 13.1 Å². The van der Waals surface area contributed by atoms with Crippen LogP contribution in [0.25, 0.3) is 0 Å². The Morgan fingerprint density at radius 1 is 1.09 bits per heavy atom. The van der Waals surface area contributed by atoms with Crippen LogP contribution in [0.5, 0.6) is 17.5 Å². The Bertz CT molecular complexity index is 1150. The molecule has 1 aromatic carbocycles. The van der Waals surface area contributed by atoms with Gasteiger partial charge in [0.1, 0.15) is 17.8 Å². The fourth-order valence-corrected chi connectivity index (χ4v) is 3.53. The number of nitrogens with zero attached hydrogens (tertiary/aromatic N) is 5. The van der Waals surface area contributed by atoms with Crippen LogP contribution in [0.2, 0.25) is 5.15 Å². The van der Waals surface area contributed by atoms with Gasteiger partial charge < -0.3 is 14.4 Å². The van der Waals surface area contributed by atoms with E-state index in [4.69, 9.17) is 21.1 Å². The summed E-state index contributed by atoms with van der Waals surface area (Å²) in [6.45, 7) is 0.294.